The van der Waals surface area contributed by atoms with Crippen LogP contribution in [0, 0.1) is 13.8 Å². The second-order valence-corrected chi connectivity index (χ2v) is 7.75. The van der Waals surface area contributed by atoms with Gasteiger partial charge in [0.15, 0.2) is 5.01 Å². The highest BCUT2D eigenvalue weighted by Crippen LogP contribution is 2.27. The molecule has 2 amide bonds. The Bertz CT molecular complexity index is 843. The van der Waals surface area contributed by atoms with E-state index in [4.69, 9.17) is 0 Å². The SMILES string of the molecule is Cc1cc([C@H](C)NC(=O)Nc2nnc(-c3ccccn3)s2)c(C)s1. The summed E-state index contributed by atoms with van der Waals surface area (Å²) in [4.78, 5) is 18.8. The van der Waals surface area contributed by atoms with E-state index in [9.17, 15) is 4.79 Å². The molecule has 0 saturated carbocycles. The van der Waals surface area contributed by atoms with Crippen molar-refractivity contribution in [3.63, 3.8) is 0 Å². The average Bonchev–Trinajstić information content (AvgIpc) is 3.14. The summed E-state index contributed by atoms with van der Waals surface area (Å²) in [5.74, 6) is 0. The van der Waals surface area contributed by atoms with Crippen molar-refractivity contribution >= 4 is 33.8 Å². The van der Waals surface area contributed by atoms with E-state index in [1.54, 1.807) is 17.5 Å². The molecular formula is C16H17N5OS2. The molecule has 3 aromatic heterocycles. The normalized spacial score (nSPS) is 12.0. The zero-order chi connectivity index (χ0) is 17.1. The van der Waals surface area contributed by atoms with Crippen LogP contribution in [-0.4, -0.2) is 21.2 Å². The number of aromatic nitrogens is 3. The number of hydrogen-bond acceptors (Lipinski definition) is 6. The van der Waals surface area contributed by atoms with Crippen molar-refractivity contribution in [2.24, 2.45) is 0 Å². The van der Waals surface area contributed by atoms with E-state index in [0.717, 1.165) is 11.3 Å². The van der Waals surface area contributed by atoms with Crippen molar-refractivity contribution in [3.05, 3.63) is 45.8 Å². The van der Waals surface area contributed by atoms with E-state index in [0.29, 0.717) is 10.1 Å². The van der Waals surface area contributed by atoms with E-state index in [1.165, 1.54) is 21.1 Å². The van der Waals surface area contributed by atoms with Gasteiger partial charge in [0.05, 0.1) is 6.04 Å². The number of nitrogens with zero attached hydrogens (tertiary/aromatic N) is 3. The van der Waals surface area contributed by atoms with Crippen LogP contribution in [-0.2, 0) is 0 Å². The molecular weight excluding hydrogens is 342 g/mol. The highest BCUT2D eigenvalue weighted by atomic mass is 32.1. The number of urea groups is 1. The summed E-state index contributed by atoms with van der Waals surface area (Å²) >= 11 is 3.02. The van der Waals surface area contributed by atoms with Gasteiger partial charge in [-0.1, -0.05) is 17.4 Å². The molecule has 0 aliphatic rings. The molecule has 3 aromatic rings. The van der Waals surface area contributed by atoms with Crippen molar-refractivity contribution < 1.29 is 4.79 Å². The first-order valence-corrected chi connectivity index (χ1v) is 9.05. The van der Waals surface area contributed by atoms with Gasteiger partial charge in [-0.25, -0.2) is 4.79 Å². The molecule has 0 aromatic carbocycles. The van der Waals surface area contributed by atoms with Gasteiger partial charge in [0, 0.05) is 16.0 Å². The molecule has 1 atom stereocenters. The van der Waals surface area contributed by atoms with Crippen LogP contribution in [0.25, 0.3) is 10.7 Å². The Morgan fingerprint density at radius 1 is 1.21 bits per heavy atom. The summed E-state index contributed by atoms with van der Waals surface area (Å²) in [7, 11) is 0. The summed E-state index contributed by atoms with van der Waals surface area (Å²) < 4.78 is 0. The Kier molecular flexibility index (Phi) is 4.86. The Morgan fingerprint density at radius 2 is 2.04 bits per heavy atom. The Balaban J connectivity index is 1.63. The van der Waals surface area contributed by atoms with Crippen molar-refractivity contribution in [2.45, 2.75) is 26.8 Å². The molecule has 24 heavy (non-hydrogen) atoms. The fraction of sp³-hybridized carbons (Fsp3) is 0.250. The fourth-order valence-corrected chi connectivity index (χ4v) is 4.09. The highest BCUT2D eigenvalue weighted by Gasteiger charge is 2.15. The minimum Gasteiger partial charge on any atom is -0.331 e. The molecule has 0 bridgehead atoms. The molecule has 124 valence electrons. The van der Waals surface area contributed by atoms with E-state index >= 15 is 0 Å². The van der Waals surface area contributed by atoms with Crippen LogP contribution in [0.15, 0.2) is 30.5 Å². The van der Waals surface area contributed by atoms with Gasteiger partial charge in [-0.2, -0.15) is 0 Å². The van der Waals surface area contributed by atoms with Crippen LogP contribution in [0.1, 0.15) is 28.3 Å². The quantitative estimate of drug-likeness (QED) is 0.733. The number of rotatable bonds is 4. The zero-order valence-corrected chi connectivity index (χ0v) is 15.2. The van der Waals surface area contributed by atoms with Gasteiger partial charge >= 0.3 is 6.03 Å². The second kappa shape index (κ2) is 7.06. The summed E-state index contributed by atoms with van der Waals surface area (Å²) in [6.45, 7) is 6.09. The summed E-state index contributed by atoms with van der Waals surface area (Å²) in [5, 5.41) is 14.8. The molecule has 3 rings (SSSR count). The number of amides is 2. The van der Waals surface area contributed by atoms with Gasteiger partial charge in [-0.05, 0) is 44.5 Å². The number of pyridine rings is 1. The average molecular weight is 359 g/mol. The van der Waals surface area contributed by atoms with Crippen molar-refractivity contribution in [2.75, 3.05) is 5.32 Å². The van der Waals surface area contributed by atoms with Gasteiger partial charge in [0.1, 0.15) is 5.69 Å². The summed E-state index contributed by atoms with van der Waals surface area (Å²) in [6.07, 6.45) is 1.70. The number of carbonyl (C=O) groups excluding carboxylic acids is 1. The first-order valence-electron chi connectivity index (χ1n) is 7.42. The molecule has 0 spiro atoms. The van der Waals surface area contributed by atoms with Crippen LogP contribution >= 0.6 is 22.7 Å². The topological polar surface area (TPSA) is 79.8 Å². The van der Waals surface area contributed by atoms with Crippen molar-refractivity contribution in [1.82, 2.24) is 20.5 Å². The molecule has 0 fully saturated rings. The van der Waals surface area contributed by atoms with E-state index < -0.39 is 0 Å². The van der Waals surface area contributed by atoms with Crippen LogP contribution in [0.3, 0.4) is 0 Å². The van der Waals surface area contributed by atoms with Gasteiger partial charge < -0.3 is 5.32 Å². The monoisotopic (exact) mass is 359 g/mol. The predicted octanol–water partition coefficient (Wildman–Crippen LogP) is 4.16. The van der Waals surface area contributed by atoms with Crippen LogP contribution in [0.5, 0.6) is 0 Å². The number of aryl methyl sites for hydroxylation is 2. The molecule has 6 nitrogen and oxygen atoms in total. The van der Waals surface area contributed by atoms with Gasteiger partial charge in [-0.15, -0.1) is 21.5 Å². The number of anilines is 1. The lowest BCUT2D eigenvalue weighted by Gasteiger charge is -2.13. The molecule has 2 N–H and O–H groups in total. The number of carbonyl (C=O) groups is 1. The first kappa shape index (κ1) is 16.5. The zero-order valence-electron chi connectivity index (χ0n) is 13.5. The van der Waals surface area contributed by atoms with E-state index in [2.05, 4.69) is 45.7 Å². The van der Waals surface area contributed by atoms with Gasteiger partial charge in [0.2, 0.25) is 5.13 Å². The Labute approximate surface area is 148 Å². The molecule has 0 radical (unpaired) electrons. The second-order valence-electron chi connectivity index (χ2n) is 5.32. The maximum atomic E-state index is 12.2. The van der Waals surface area contributed by atoms with Gasteiger partial charge in [0.25, 0.3) is 0 Å². The molecule has 0 aliphatic carbocycles. The van der Waals surface area contributed by atoms with Crippen LogP contribution < -0.4 is 10.6 Å². The van der Waals surface area contributed by atoms with Crippen molar-refractivity contribution in [1.29, 1.82) is 0 Å². The van der Waals surface area contributed by atoms with E-state index in [-0.39, 0.29) is 12.1 Å². The standard InChI is InChI=1S/C16H17N5OS2/c1-9-8-12(11(3)23-9)10(2)18-15(22)19-16-21-20-14(24-16)13-6-4-5-7-17-13/h4-8,10H,1-3H3,(H2,18,19,21,22)/t10-/m0/s1. The van der Waals surface area contributed by atoms with Crippen molar-refractivity contribution in [3.8, 4) is 10.7 Å². The molecule has 0 unspecified atom stereocenters. The third kappa shape index (κ3) is 3.77. The number of hydrogen-bond donors (Lipinski definition) is 2. The van der Waals surface area contributed by atoms with Crippen LogP contribution in [0.4, 0.5) is 9.93 Å². The fourth-order valence-electron chi connectivity index (χ4n) is 2.35. The smallest absolute Gasteiger partial charge is 0.321 e. The number of thiophene rings is 1. The Hall–Kier alpha value is -2.32. The minimum absolute atomic E-state index is 0.0712. The molecule has 0 aliphatic heterocycles. The van der Waals surface area contributed by atoms with Crippen LogP contribution in [0.2, 0.25) is 0 Å². The third-order valence-corrected chi connectivity index (χ3v) is 5.27. The maximum Gasteiger partial charge on any atom is 0.321 e. The lowest BCUT2D eigenvalue weighted by atomic mass is 10.1. The highest BCUT2D eigenvalue weighted by molar-refractivity contribution is 7.18. The lowest BCUT2D eigenvalue weighted by molar-refractivity contribution is 0.249. The van der Waals surface area contributed by atoms with Gasteiger partial charge in [-0.3, -0.25) is 10.3 Å². The van der Waals surface area contributed by atoms with E-state index in [1.807, 2.05) is 25.1 Å². The summed E-state index contributed by atoms with van der Waals surface area (Å²) in [6, 6.07) is 7.32. The first-order chi connectivity index (χ1) is 11.5. The minimum atomic E-state index is -0.297. The maximum absolute atomic E-state index is 12.2. The third-order valence-electron chi connectivity index (χ3n) is 3.42. The number of nitrogens with one attached hydrogen (secondary N) is 2. The largest absolute Gasteiger partial charge is 0.331 e. The molecule has 3 heterocycles. The summed E-state index contributed by atoms with van der Waals surface area (Å²) in [5.41, 5.74) is 1.88. The predicted molar refractivity (Wildman–Crippen MR) is 97.5 cm³/mol. The lowest BCUT2D eigenvalue weighted by Crippen LogP contribution is -2.31. The molecule has 8 heteroatoms. The Morgan fingerprint density at radius 3 is 2.71 bits per heavy atom. The molecule has 0 saturated heterocycles.